The molecule has 0 bridgehead atoms. The second-order valence-corrected chi connectivity index (χ2v) is 14.1. The zero-order valence-corrected chi connectivity index (χ0v) is 25.0. The molecule has 40 heavy (non-hydrogen) atoms. The van der Waals surface area contributed by atoms with Crippen LogP contribution in [0.25, 0.3) is 0 Å². The number of hydrogen-bond donors (Lipinski definition) is 3. The summed E-state index contributed by atoms with van der Waals surface area (Å²) in [7, 11) is -5.77. The summed E-state index contributed by atoms with van der Waals surface area (Å²) in [4.78, 5) is 9.65. The summed E-state index contributed by atoms with van der Waals surface area (Å²) in [6.45, 7) is 7.49. The van der Waals surface area contributed by atoms with Gasteiger partial charge in [0.1, 0.15) is 12.1 Å². The highest BCUT2D eigenvalue weighted by Gasteiger charge is 2.32. The molecule has 0 fully saturated rings. The molecule has 0 amide bonds. The number of fused-ring (bicyclic) bond motifs is 1. The Hall–Kier alpha value is -2.59. The van der Waals surface area contributed by atoms with Crippen LogP contribution in [0.1, 0.15) is 24.6 Å². The number of sulfone groups is 1. The number of rotatable bonds is 14. The first-order valence-electron chi connectivity index (χ1n) is 12.4. The first kappa shape index (κ1) is 31.9. The maximum absolute atomic E-state index is 13.7. The number of halogens is 2. The Morgan fingerprint density at radius 3 is 2.67 bits per heavy atom. The molecule has 15 heteroatoms. The number of thioether (sulfide) groups is 1. The van der Waals surface area contributed by atoms with E-state index >= 15 is 0 Å². The van der Waals surface area contributed by atoms with E-state index in [1.807, 2.05) is 38.1 Å². The molecule has 0 saturated carbocycles. The van der Waals surface area contributed by atoms with E-state index < -0.39 is 35.4 Å². The number of anilines is 2. The van der Waals surface area contributed by atoms with Crippen LogP contribution in [-0.4, -0.2) is 76.4 Å². The highest BCUT2D eigenvalue weighted by molar-refractivity contribution is 8.03. The summed E-state index contributed by atoms with van der Waals surface area (Å²) in [5.74, 6) is -3.21. The summed E-state index contributed by atoms with van der Waals surface area (Å²) in [5.41, 5.74) is 1.15. The van der Waals surface area contributed by atoms with Crippen LogP contribution < -0.4 is 15.4 Å². The first-order chi connectivity index (χ1) is 18.8. The predicted octanol–water partition coefficient (Wildman–Crippen LogP) is 3.47. The topological polar surface area (TPSA) is 133 Å². The molecule has 10 nitrogen and oxygen atoms in total. The zero-order valence-electron chi connectivity index (χ0n) is 22.5. The van der Waals surface area contributed by atoms with Crippen LogP contribution in [0, 0.1) is 0 Å². The van der Waals surface area contributed by atoms with Gasteiger partial charge in [-0.3, -0.25) is 4.72 Å². The molecule has 1 aromatic heterocycles. The number of hydrogen-bond acceptors (Lipinski definition) is 10. The number of alkyl halides is 2. The van der Waals surface area contributed by atoms with E-state index in [4.69, 9.17) is 0 Å². The minimum absolute atomic E-state index is 0.0640. The summed E-state index contributed by atoms with van der Waals surface area (Å²) >= 11 is 1.44. The minimum Gasteiger partial charge on any atom is -0.380 e. The van der Waals surface area contributed by atoms with Crippen molar-refractivity contribution in [1.82, 2.24) is 20.2 Å². The van der Waals surface area contributed by atoms with E-state index in [1.165, 1.54) is 30.2 Å². The lowest BCUT2D eigenvalue weighted by molar-refractivity contribution is 0.235. The fourth-order valence-electron chi connectivity index (χ4n) is 3.95. The van der Waals surface area contributed by atoms with Crippen molar-refractivity contribution in [3.8, 4) is 0 Å². The fourth-order valence-corrected chi connectivity index (χ4v) is 6.91. The number of benzene rings is 1. The van der Waals surface area contributed by atoms with Gasteiger partial charge >= 0.3 is 5.76 Å². The Bertz CT molecular complexity index is 1450. The van der Waals surface area contributed by atoms with E-state index in [0.29, 0.717) is 49.5 Å². The lowest BCUT2D eigenvalue weighted by Gasteiger charge is -2.24. The third-order valence-corrected chi connectivity index (χ3v) is 9.85. The second kappa shape index (κ2) is 13.9. The van der Waals surface area contributed by atoms with Gasteiger partial charge in [0.25, 0.3) is 10.0 Å². The summed E-state index contributed by atoms with van der Waals surface area (Å²) < 4.78 is 81.8. The lowest BCUT2D eigenvalue weighted by Crippen LogP contribution is -2.29. The van der Waals surface area contributed by atoms with Gasteiger partial charge in [0.15, 0.2) is 0 Å². The van der Waals surface area contributed by atoms with Crippen LogP contribution in [0.2, 0.25) is 0 Å². The van der Waals surface area contributed by atoms with Crippen molar-refractivity contribution >= 4 is 43.1 Å². The molecule has 1 aliphatic heterocycles. The average Bonchev–Trinajstić information content (AvgIpc) is 2.90. The van der Waals surface area contributed by atoms with Gasteiger partial charge in [0, 0.05) is 23.9 Å². The summed E-state index contributed by atoms with van der Waals surface area (Å²) in [5, 5.41) is 6.19. The molecule has 3 rings (SSSR count). The first-order valence-corrected chi connectivity index (χ1v) is 16.4. The van der Waals surface area contributed by atoms with E-state index in [1.54, 1.807) is 0 Å². The molecule has 2 aromatic rings. The van der Waals surface area contributed by atoms with Crippen LogP contribution in [0.5, 0.6) is 0 Å². The molecule has 0 saturated heterocycles. The van der Waals surface area contributed by atoms with Gasteiger partial charge in [0.05, 0.1) is 21.2 Å². The molecule has 0 radical (unpaired) electrons. The maximum Gasteiger partial charge on any atom is 0.341 e. The quantitative estimate of drug-likeness (QED) is 0.271. The lowest BCUT2D eigenvalue weighted by atomic mass is 10.1. The Balaban J connectivity index is 1.98. The average molecular weight is 617 g/mol. The van der Waals surface area contributed by atoms with Gasteiger partial charge in [-0.2, -0.15) is 8.78 Å². The highest BCUT2D eigenvalue weighted by Crippen LogP contribution is 2.32. The van der Waals surface area contributed by atoms with Gasteiger partial charge < -0.3 is 15.5 Å². The van der Waals surface area contributed by atoms with Crippen molar-refractivity contribution in [3.63, 3.8) is 0 Å². The Labute approximate surface area is 238 Å². The molecule has 1 aliphatic rings. The van der Waals surface area contributed by atoms with Crippen LogP contribution >= 0.6 is 11.8 Å². The Morgan fingerprint density at radius 1 is 1.25 bits per heavy atom. The van der Waals surface area contributed by atoms with Crippen LogP contribution in [0.4, 0.5) is 20.3 Å². The Morgan fingerprint density at radius 2 is 2.00 bits per heavy atom. The zero-order chi connectivity index (χ0) is 29.5. The molecule has 1 aromatic carbocycles. The molecule has 0 aliphatic carbocycles. The SMILES string of the molecule is C=C(/C=C\C)SC[C@@H](CCN(C)C)Nc1ccc(S(=O)(=O)Nc2ncnc3c2CCNC3)cc1S(=O)(=O)C(F)F. The number of aromatic nitrogens is 2. The normalized spacial score (nSPS) is 14.9. The molecule has 2 heterocycles. The fraction of sp³-hybridized carbons (Fsp3) is 0.440. The van der Waals surface area contributed by atoms with Crippen LogP contribution in [0.15, 0.2) is 58.0 Å². The van der Waals surface area contributed by atoms with Crippen molar-refractivity contribution in [1.29, 1.82) is 0 Å². The second-order valence-electron chi connectivity index (χ2n) is 9.35. The van der Waals surface area contributed by atoms with E-state index in [9.17, 15) is 25.6 Å². The largest absolute Gasteiger partial charge is 0.380 e. The van der Waals surface area contributed by atoms with Crippen molar-refractivity contribution in [2.75, 3.05) is 43.0 Å². The number of sulfonamides is 1. The smallest absolute Gasteiger partial charge is 0.341 e. The van der Waals surface area contributed by atoms with Gasteiger partial charge in [-0.05, 0) is 70.1 Å². The Kier molecular flexibility index (Phi) is 11.1. The molecular formula is C25H34F2N6O4S3. The number of nitrogens with one attached hydrogen (secondary N) is 3. The standard InChI is InChI=1S/C25H34F2N6O4S3/c1-5-6-17(2)38-15-18(10-12-33(3)4)31-21-8-7-19(13-23(21)39(34,35)25(26)27)40(36,37)32-24-20-9-11-28-14-22(20)29-16-30-24/h5-8,13,16,18,25,28,31H,2,9-12,14-15H2,1,3-4H3,(H,29,30,32)/b6-5-/t18-/m1/s1. The van der Waals surface area contributed by atoms with E-state index in [0.717, 1.165) is 11.0 Å². The number of allylic oxidation sites excluding steroid dienone is 2. The van der Waals surface area contributed by atoms with Crippen molar-refractivity contribution in [3.05, 3.63) is 59.4 Å². The van der Waals surface area contributed by atoms with Gasteiger partial charge in [-0.15, -0.1) is 11.8 Å². The maximum atomic E-state index is 13.7. The van der Waals surface area contributed by atoms with Crippen molar-refractivity contribution in [2.24, 2.45) is 0 Å². The molecule has 3 N–H and O–H groups in total. The van der Waals surface area contributed by atoms with E-state index in [2.05, 4.69) is 31.9 Å². The third-order valence-electron chi connectivity index (χ3n) is 6.02. The monoisotopic (exact) mass is 616 g/mol. The summed E-state index contributed by atoms with van der Waals surface area (Å²) in [6, 6.07) is 2.81. The van der Waals surface area contributed by atoms with Crippen molar-refractivity contribution in [2.45, 2.75) is 47.9 Å². The van der Waals surface area contributed by atoms with Crippen molar-refractivity contribution < 1.29 is 25.6 Å². The molecule has 220 valence electrons. The van der Waals surface area contributed by atoms with Crippen LogP contribution in [-0.2, 0) is 32.8 Å². The third kappa shape index (κ3) is 8.22. The van der Waals surface area contributed by atoms with E-state index in [-0.39, 0.29) is 17.5 Å². The predicted molar refractivity (Wildman–Crippen MR) is 155 cm³/mol. The molecule has 0 unspecified atom stereocenters. The minimum atomic E-state index is -5.16. The van der Waals surface area contributed by atoms with Crippen LogP contribution in [0.3, 0.4) is 0 Å². The van der Waals surface area contributed by atoms with Gasteiger partial charge in [0.2, 0.25) is 9.84 Å². The van der Waals surface area contributed by atoms with Gasteiger partial charge in [-0.25, -0.2) is 26.8 Å². The van der Waals surface area contributed by atoms with Gasteiger partial charge in [-0.1, -0.05) is 18.7 Å². The highest BCUT2D eigenvalue weighted by atomic mass is 32.2. The molecular weight excluding hydrogens is 583 g/mol. The molecule has 1 atom stereocenters. The summed E-state index contributed by atoms with van der Waals surface area (Å²) in [6.07, 6.45) is 5.94. The molecule has 0 spiro atoms. The number of nitrogens with zero attached hydrogens (tertiary/aromatic N) is 3.